The third-order valence-electron chi connectivity index (χ3n) is 1.79. The number of carboxylic acids is 1. The van der Waals surface area contributed by atoms with Gasteiger partial charge in [0, 0.05) is 0 Å². The van der Waals surface area contributed by atoms with Crippen LogP contribution in [0.5, 0.6) is 0 Å². The van der Waals surface area contributed by atoms with E-state index >= 15 is 0 Å². The van der Waals surface area contributed by atoms with Crippen LogP contribution in [0.15, 0.2) is 0 Å². The molecule has 0 aliphatic carbocycles. The maximum absolute atomic E-state index is 11.3. The largest absolute Gasteiger partial charge is 0.480 e. The van der Waals surface area contributed by atoms with Gasteiger partial charge in [0.25, 0.3) is 0 Å². The molecule has 0 radical (unpaired) electrons. The zero-order valence-corrected chi connectivity index (χ0v) is 9.28. The standard InChI is InChI=1S/C9H18N2O3.H2O/c1-5(2)4-7(10)8(12)11-6(3)9(13)14;/h5-7H,4,10H2,1-3H3,(H,11,12)(H,13,14);1H2. The first-order chi connectivity index (χ1) is 6.34. The Morgan fingerprint density at radius 3 is 2.13 bits per heavy atom. The smallest absolute Gasteiger partial charge is 0.325 e. The Bertz CT molecular complexity index is 218. The summed E-state index contributed by atoms with van der Waals surface area (Å²) in [5.41, 5.74) is 5.56. The molecule has 0 bridgehead atoms. The van der Waals surface area contributed by atoms with E-state index in [9.17, 15) is 9.59 Å². The van der Waals surface area contributed by atoms with Crippen LogP contribution < -0.4 is 11.1 Å². The zero-order chi connectivity index (χ0) is 11.3. The topological polar surface area (TPSA) is 124 Å². The second kappa shape index (κ2) is 7.19. The summed E-state index contributed by atoms with van der Waals surface area (Å²) in [7, 11) is 0. The molecule has 0 heterocycles. The minimum Gasteiger partial charge on any atom is -0.480 e. The van der Waals surface area contributed by atoms with Crippen molar-refractivity contribution in [3.63, 3.8) is 0 Å². The highest BCUT2D eigenvalue weighted by atomic mass is 16.4. The van der Waals surface area contributed by atoms with Crippen molar-refractivity contribution >= 4 is 11.9 Å². The predicted octanol–water partition coefficient (Wildman–Crippen LogP) is -0.876. The SMILES string of the molecule is CC(C)CC(N)C(=O)NC(C)C(=O)O.O. The summed E-state index contributed by atoms with van der Waals surface area (Å²) in [6.07, 6.45) is 0.554. The maximum atomic E-state index is 11.3. The maximum Gasteiger partial charge on any atom is 0.325 e. The van der Waals surface area contributed by atoms with Gasteiger partial charge in [-0.1, -0.05) is 13.8 Å². The van der Waals surface area contributed by atoms with Gasteiger partial charge in [-0.2, -0.15) is 0 Å². The molecular formula is C9H20N2O4. The van der Waals surface area contributed by atoms with Crippen molar-refractivity contribution in [2.45, 2.75) is 39.3 Å². The van der Waals surface area contributed by atoms with Crippen molar-refractivity contribution in [2.75, 3.05) is 0 Å². The molecule has 15 heavy (non-hydrogen) atoms. The highest BCUT2D eigenvalue weighted by Crippen LogP contribution is 2.02. The predicted molar refractivity (Wildman–Crippen MR) is 56.3 cm³/mol. The van der Waals surface area contributed by atoms with Crippen LogP contribution in [0, 0.1) is 5.92 Å². The molecule has 0 aromatic heterocycles. The van der Waals surface area contributed by atoms with E-state index in [0.29, 0.717) is 12.3 Å². The highest BCUT2D eigenvalue weighted by Gasteiger charge is 2.19. The van der Waals surface area contributed by atoms with Gasteiger partial charge in [-0.25, -0.2) is 0 Å². The fraction of sp³-hybridized carbons (Fsp3) is 0.778. The quantitative estimate of drug-likeness (QED) is 0.556. The molecule has 0 aliphatic heterocycles. The lowest BCUT2D eigenvalue weighted by molar-refractivity contribution is -0.141. The Morgan fingerprint density at radius 1 is 1.33 bits per heavy atom. The molecule has 0 spiro atoms. The number of aliphatic carboxylic acids is 1. The molecule has 6 heteroatoms. The third-order valence-corrected chi connectivity index (χ3v) is 1.79. The number of hydrogen-bond acceptors (Lipinski definition) is 3. The Hall–Kier alpha value is -1.14. The number of rotatable bonds is 5. The number of carbonyl (C=O) groups excluding carboxylic acids is 1. The van der Waals surface area contributed by atoms with Crippen molar-refractivity contribution in [3.8, 4) is 0 Å². The van der Waals surface area contributed by atoms with E-state index in [1.807, 2.05) is 13.8 Å². The molecule has 6 N–H and O–H groups in total. The van der Waals surface area contributed by atoms with Crippen LogP contribution in [0.4, 0.5) is 0 Å². The summed E-state index contributed by atoms with van der Waals surface area (Å²) in [5.74, 6) is -1.15. The number of nitrogens with one attached hydrogen (secondary N) is 1. The van der Waals surface area contributed by atoms with Crippen molar-refractivity contribution in [3.05, 3.63) is 0 Å². The third kappa shape index (κ3) is 6.87. The molecule has 1 amide bonds. The summed E-state index contributed by atoms with van der Waals surface area (Å²) in [6.45, 7) is 5.31. The fourth-order valence-corrected chi connectivity index (χ4v) is 0.997. The van der Waals surface area contributed by atoms with Gasteiger partial charge in [0.2, 0.25) is 5.91 Å². The van der Waals surface area contributed by atoms with Gasteiger partial charge in [0.15, 0.2) is 0 Å². The van der Waals surface area contributed by atoms with E-state index in [-0.39, 0.29) is 5.48 Å². The lowest BCUT2D eigenvalue weighted by Gasteiger charge is -2.16. The summed E-state index contributed by atoms with van der Waals surface area (Å²) in [4.78, 5) is 21.7. The van der Waals surface area contributed by atoms with Gasteiger partial charge >= 0.3 is 5.97 Å². The van der Waals surface area contributed by atoms with E-state index < -0.39 is 24.0 Å². The molecule has 0 fully saturated rings. The molecule has 0 saturated heterocycles. The molecule has 0 aliphatic rings. The van der Waals surface area contributed by atoms with Crippen LogP contribution in [-0.2, 0) is 9.59 Å². The molecule has 0 saturated carbocycles. The Morgan fingerprint density at radius 2 is 1.80 bits per heavy atom. The second-order valence-corrected chi connectivity index (χ2v) is 3.80. The van der Waals surface area contributed by atoms with Gasteiger partial charge in [-0.05, 0) is 19.3 Å². The molecule has 6 nitrogen and oxygen atoms in total. The first kappa shape index (κ1) is 16.3. The van der Waals surface area contributed by atoms with Gasteiger partial charge in [-0.3, -0.25) is 9.59 Å². The number of nitrogens with two attached hydrogens (primary N) is 1. The lowest BCUT2D eigenvalue weighted by atomic mass is 10.0. The molecule has 2 atom stereocenters. The molecule has 0 rings (SSSR count). The van der Waals surface area contributed by atoms with Gasteiger partial charge in [-0.15, -0.1) is 0 Å². The van der Waals surface area contributed by atoms with Crippen LogP contribution >= 0.6 is 0 Å². The van der Waals surface area contributed by atoms with Gasteiger partial charge in [0.1, 0.15) is 6.04 Å². The minimum absolute atomic E-state index is 0. The van der Waals surface area contributed by atoms with Gasteiger partial charge < -0.3 is 21.6 Å². The summed E-state index contributed by atoms with van der Waals surface area (Å²) in [5, 5.41) is 10.9. The normalized spacial score (nSPS) is 13.9. The Balaban J connectivity index is 0. The second-order valence-electron chi connectivity index (χ2n) is 3.80. The Kier molecular flexibility index (Phi) is 7.81. The van der Waals surface area contributed by atoms with Crippen molar-refractivity contribution in [2.24, 2.45) is 11.7 Å². The van der Waals surface area contributed by atoms with Crippen LogP contribution in [-0.4, -0.2) is 34.5 Å². The summed E-state index contributed by atoms with van der Waals surface area (Å²) >= 11 is 0. The number of hydrogen-bond donors (Lipinski definition) is 3. The number of carbonyl (C=O) groups is 2. The van der Waals surface area contributed by atoms with Crippen LogP contribution in [0.25, 0.3) is 0 Å². The number of amides is 1. The van der Waals surface area contributed by atoms with Gasteiger partial charge in [0.05, 0.1) is 6.04 Å². The molecule has 2 unspecified atom stereocenters. The van der Waals surface area contributed by atoms with Crippen molar-refractivity contribution in [1.82, 2.24) is 5.32 Å². The van der Waals surface area contributed by atoms with Crippen LogP contribution in [0.1, 0.15) is 27.2 Å². The minimum atomic E-state index is -1.06. The average molecular weight is 220 g/mol. The van der Waals surface area contributed by atoms with Crippen LogP contribution in [0.2, 0.25) is 0 Å². The van der Waals surface area contributed by atoms with E-state index in [2.05, 4.69) is 5.32 Å². The zero-order valence-electron chi connectivity index (χ0n) is 9.28. The van der Waals surface area contributed by atoms with E-state index in [1.165, 1.54) is 6.92 Å². The summed E-state index contributed by atoms with van der Waals surface area (Å²) in [6, 6.07) is -1.52. The average Bonchev–Trinajstić information content (AvgIpc) is 2.02. The molecule has 0 aromatic rings. The lowest BCUT2D eigenvalue weighted by Crippen LogP contribution is -2.47. The van der Waals surface area contributed by atoms with E-state index in [4.69, 9.17) is 10.8 Å². The first-order valence-corrected chi connectivity index (χ1v) is 4.63. The Labute approximate surface area is 89.1 Å². The van der Waals surface area contributed by atoms with Crippen molar-refractivity contribution in [1.29, 1.82) is 0 Å². The van der Waals surface area contributed by atoms with Crippen LogP contribution in [0.3, 0.4) is 0 Å². The van der Waals surface area contributed by atoms with E-state index in [0.717, 1.165) is 0 Å². The molecular weight excluding hydrogens is 200 g/mol. The molecule has 0 aromatic carbocycles. The highest BCUT2D eigenvalue weighted by molar-refractivity contribution is 5.86. The van der Waals surface area contributed by atoms with E-state index in [1.54, 1.807) is 0 Å². The fourth-order valence-electron chi connectivity index (χ4n) is 0.997. The first-order valence-electron chi connectivity index (χ1n) is 4.63. The number of carboxylic acid groups (broad SMARTS) is 1. The van der Waals surface area contributed by atoms with Crippen molar-refractivity contribution < 1.29 is 20.2 Å². The monoisotopic (exact) mass is 220 g/mol. The molecule has 90 valence electrons. The summed E-state index contributed by atoms with van der Waals surface area (Å²) < 4.78 is 0.